The summed E-state index contributed by atoms with van der Waals surface area (Å²) in [6.07, 6.45) is 4.50. The molecule has 5 nitrogen and oxygen atoms in total. The van der Waals surface area contributed by atoms with E-state index in [1.54, 1.807) is 0 Å². The summed E-state index contributed by atoms with van der Waals surface area (Å²) in [5.41, 5.74) is 6.31. The summed E-state index contributed by atoms with van der Waals surface area (Å²) in [6, 6.07) is 28.6. The Hall–Kier alpha value is -3.80. The van der Waals surface area contributed by atoms with E-state index in [-0.39, 0.29) is 0 Å². The fraction of sp³-hybridized carbons (Fsp3) is 0.294. The highest BCUT2D eigenvalue weighted by Crippen LogP contribution is 2.47. The van der Waals surface area contributed by atoms with Crippen LogP contribution in [0.5, 0.6) is 5.75 Å². The van der Waals surface area contributed by atoms with Crippen LogP contribution in [0.4, 0.5) is 11.4 Å². The summed E-state index contributed by atoms with van der Waals surface area (Å²) in [5, 5.41) is 2.47. The number of fused-ring (bicyclic) bond motifs is 3. The first-order chi connectivity index (χ1) is 19.2. The van der Waals surface area contributed by atoms with Crippen LogP contribution in [0.2, 0.25) is 0 Å². The molecule has 2 saturated heterocycles. The van der Waals surface area contributed by atoms with E-state index in [2.05, 4.69) is 108 Å². The van der Waals surface area contributed by atoms with Crippen molar-refractivity contribution >= 4 is 28.2 Å². The van der Waals surface area contributed by atoms with Crippen molar-refractivity contribution < 1.29 is 14.2 Å². The maximum atomic E-state index is 7.18. The third-order valence-electron chi connectivity index (χ3n) is 8.29. The quantitative estimate of drug-likeness (QED) is 0.323. The van der Waals surface area contributed by atoms with Gasteiger partial charge in [-0.3, -0.25) is 0 Å². The van der Waals surface area contributed by atoms with Gasteiger partial charge in [0.1, 0.15) is 5.75 Å². The molecule has 0 bridgehead atoms. The average Bonchev–Trinajstić information content (AvgIpc) is 3.01. The number of nitrogens with zero attached hydrogens (tertiary/aromatic N) is 2. The summed E-state index contributed by atoms with van der Waals surface area (Å²) >= 11 is 0. The molecule has 3 heterocycles. The van der Waals surface area contributed by atoms with Gasteiger partial charge in [-0.15, -0.1) is 0 Å². The van der Waals surface area contributed by atoms with Crippen LogP contribution in [0.25, 0.3) is 16.8 Å². The van der Waals surface area contributed by atoms with Crippen molar-refractivity contribution in [3.8, 4) is 5.75 Å². The van der Waals surface area contributed by atoms with E-state index in [1.807, 2.05) is 0 Å². The number of morpholine rings is 2. The number of anilines is 2. The largest absolute Gasteiger partial charge is 0.473 e. The molecule has 2 fully saturated rings. The van der Waals surface area contributed by atoms with Crippen molar-refractivity contribution in [3.05, 3.63) is 107 Å². The highest BCUT2D eigenvalue weighted by atomic mass is 16.5. The van der Waals surface area contributed by atoms with Crippen molar-refractivity contribution in [1.82, 2.24) is 0 Å². The summed E-state index contributed by atoms with van der Waals surface area (Å²) < 4.78 is 18.4. The first-order valence-corrected chi connectivity index (χ1v) is 14.0. The van der Waals surface area contributed by atoms with Gasteiger partial charge in [-0.2, -0.15) is 0 Å². The van der Waals surface area contributed by atoms with Crippen LogP contribution in [0.15, 0.2) is 84.9 Å². The van der Waals surface area contributed by atoms with Crippen molar-refractivity contribution in [2.75, 3.05) is 62.4 Å². The minimum Gasteiger partial charge on any atom is -0.473 e. The molecule has 3 aliphatic heterocycles. The lowest BCUT2D eigenvalue weighted by Gasteiger charge is -2.38. The molecule has 5 heteroatoms. The van der Waals surface area contributed by atoms with Gasteiger partial charge in [0.05, 0.1) is 26.4 Å². The lowest BCUT2D eigenvalue weighted by atomic mass is 9.82. The normalized spacial score (nSPS) is 21.1. The summed E-state index contributed by atoms with van der Waals surface area (Å²) in [5.74, 6) is 0.913. The molecule has 4 aromatic rings. The van der Waals surface area contributed by atoms with Crippen molar-refractivity contribution in [1.29, 1.82) is 0 Å². The third kappa shape index (κ3) is 4.36. The van der Waals surface area contributed by atoms with Crippen LogP contribution in [-0.2, 0) is 15.1 Å². The second-order valence-electron chi connectivity index (χ2n) is 10.6. The molecule has 7 rings (SSSR count). The summed E-state index contributed by atoms with van der Waals surface area (Å²) in [7, 11) is 0. The SMILES string of the molecule is Cc1ccc(C2(c3ccc(N4CCOCC4)cc3)C=Cc3c(cc(N4CCOCC4)c4ccccc34)O2)cc1. The van der Waals surface area contributed by atoms with E-state index in [0.29, 0.717) is 0 Å². The fourth-order valence-corrected chi connectivity index (χ4v) is 6.10. The third-order valence-corrected chi connectivity index (χ3v) is 8.29. The van der Waals surface area contributed by atoms with E-state index in [9.17, 15) is 0 Å². The monoisotopic (exact) mass is 518 g/mol. The zero-order valence-corrected chi connectivity index (χ0v) is 22.4. The predicted octanol–water partition coefficient (Wildman–Crippen LogP) is 6.17. The summed E-state index contributed by atoms with van der Waals surface area (Å²) in [4.78, 5) is 4.82. The molecule has 0 radical (unpaired) electrons. The van der Waals surface area contributed by atoms with Gasteiger partial charge in [-0.25, -0.2) is 0 Å². The van der Waals surface area contributed by atoms with Gasteiger partial charge in [0, 0.05) is 65.7 Å². The second kappa shape index (κ2) is 10.1. The van der Waals surface area contributed by atoms with Crippen molar-refractivity contribution in [3.63, 3.8) is 0 Å². The molecule has 4 aromatic carbocycles. The van der Waals surface area contributed by atoms with Gasteiger partial charge >= 0.3 is 0 Å². The highest BCUT2D eigenvalue weighted by molar-refractivity contribution is 6.02. The van der Waals surface area contributed by atoms with Gasteiger partial charge in [0.15, 0.2) is 5.60 Å². The molecule has 0 amide bonds. The number of aryl methyl sites for hydroxylation is 1. The maximum Gasteiger partial charge on any atom is 0.178 e. The maximum absolute atomic E-state index is 7.18. The minimum atomic E-state index is -0.727. The zero-order chi connectivity index (χ0) is 26.2. The Morgan fingerprint density at radius 3 is 1.92 bits per heavy atom. The Balaban J connectivity index is 1.35. The van der Waals surface area contributed by atoms with E-state index in [4.69, 9.17) is 14.2 Å². The number of hydrogen-bond donors (Lipinski definition) is 0. The first-order valence-electron chi connectivity index (χ1n) is 14.0. The number of benzene rings is 4. The smallest absolute Gasteiger partial charge is 0.178 e. The van der Waals surface area contributed by atoms with Gasteiger partial charge in [0.25, 0.3) is 0 Å². The van der Waals surface area contributed by atoms with Crippen LogP contribution in [0, 0.1) is 6.92 Å². The van der Waals surface area contributed by atoms with Crippen molar-refractivity contribution in [2.45, 2.75) is 12.5 Å². The second-order valence-corrected chi connectivity index (χ2v) is 10.6. The van der Waals surface area contributed by atoms with Gasteiger partial charge < -0.3 is 24.0 Å². The van der Waals surface area contributed by atoms with E-state index < -0.39 is 5.60 Å². The Morgan fingerprint density at radius 2 is 1.26 bits per heavy atom. The van der Waals surface area contributed by atoms with Crippen LogP contribution < -0.4 is 14.5 Å². The fourth-order valence-electron chi connectivity index (χ4n) is 6.10. The zero-order valence-electron chi connectivity index (χ0n) is 22.4. The van der Waals surface area contributed by atoms with E-state index in [1.165, 1.54) is 27.7 Å². The molecule has 0 aromatic heterocycles. The Labute approximate surface area is 230 Å². The summed E-state index contributed by atoms with van der Waals surface area (Å²) in [6.45, 7) is 8.77. The van der Waals surface area contributed by atoms with Gasteiger partial charge in [-0.1, -0.05) is 66.2 Å². The van der Waals surface area contributed by atoms with E-state index >= 15 is 0 Å². The van der Waals surface area contributed by atoms with Gasteiger partial charge in [0.2, 0.25) is 0 Å². The standard InChI is InChI=1S/C34H34N2O3/c1-25-6-8-26(9-7-25)34(27-10-12-28(13-11-27)35-16-20-37-21-17-35)15-14-31-29-4-2-3-5-30(29)32(24-33(31)39-34)36-18-22-38-23-19-36/h2-15,24H,16-23H2,1H3. The lowest BCUT2D eigenvalue weighted by Crippen LogP contribution is -2.37. The average molecular weight is 519 g/mol. The first kappa shape index (κ1) is 24.3. The number of hydrogen-bond acceptors (Lipinski definition) is 5. The van der Waals surface area contributed by atoms with Crippen LogP contribution >= 0.6 is 0 Å². The van der Waals surface area contributed by atoms with Crippen LogP contribution in [0.3, 0.4) is 0 Å². The molecular weight excluding hydrogens is 484 g/mol. The molecule has 1 unspecified atom stereocenters. The van der Waals surface area contributed by atoms with E-state index in [0.717, 1.165) is 75.0 Å². The predicted molar refractivity (Wildman–Crippen MR) is 158 cm³/mol. The molecule has 3 aliphatic rings. The molecule has 0 saturated carbocycles. The Bertz CT molecular complexity index is 1500. The number of ether oxygens (including phenoxy) is 3. The Kier molecular flexibility index (Phi) is 6.26. The van der Waals surface area contributed by atoms with Crippen molar-refractivity contribution in [2.24, 2.45) is 0 Å². The Morgan fingerprint density at radius 1 is 0.667 bits per heavy atom. The van der Waals surface area contributed by atoms with Gasteiger partial charge in [-0.05, 0) is 36.6 Å². The molecule has 1 atom stereocenters. The molecular formula is C34H34N2O3. The van der Waals surface area contributed by atoms with Crippen LogP contribution in [0.1, 0.15) is 22.3 Å². The topological polar surface area (TPSA) is 34.2 Å². The molecule has 39 heavy (non-hydrogen) atoms. The molecule has 0 N–H and O–H groups in total. The lowest BCUT2D eigenvalue weighted by molar-refractivity contribution is 0.122. The van der Waals surface area contributed by atoms with Crippen LogP contribution in [-0.4, -0.2) is 52.6 Å². The molecule has 0 aliphatic carbocycles. The molecule has 0 spiro atoms. The highest BCUT2D eigenvalue weighted by Gasteiger charge is 2.38. The minimum absolute atomic E-state index is 0.727. The molecule has 198 valence electrons. The number of rotatable bonds is 4.